The van der Waals surface area contributed by atoms with Crippen molar-refractivity contribution in [3.8, 4) is 10.6 Å². The third kappa shape index (κ3) is 5.61. The highest BCUT2D eigenvalue weighted by Crippen LogP contribution is 2.24. The maximum Gasteiger partial charge on any atom is 0.405 e. The first-order valence-electron chi connectivity index (χ1n) is 8.19. The number of carbonyl (C=O) groups is 2. The fourth-order valence-corrected chi connectivity index (χ4v) is 3.13. The molecule has 0 unspecified atom stereocenters. The molecule has 10 heteroatoms. The molecule has 0 atom stereocenters. The number of carbonyl (C=O) groups excluding carboxylic acids is 2. The van der Waals surface area contributed by atoms with Crippen molar-refractivity contribution in [2.75, 3.05) is 11.9 Å². The van der Waals surface area contributed by atoms with Crippen molar-refractivity contribution in [2.24, 2.45) is 0 Å². The van der Waals surface area contributed by atoms with Gasteiger partial charge in [-0.25, -0.2) is 9.37 Å². The maximum atomic E-state index is 13.0. The summed E-state index contributed by atoms with van der Waals surface area (Å²) in [5, 5.41) is 6.35. The van der Waals surface area contributed by atoms with Crippen LogP contribution >= 0.6 is 11.3 Å². The van der Waals surface area contributed by atoms with Crippen LogP contribution in [-0.4, -0.2) is 29.5 Å². The predicted octanol–water partition coefficient (Wildman–Crippen LogP) is 4.49. The van der Waals surface area contributed by atoms with Crippen LogP contribution in [0.3, 0.4) is 0 Å². The van der Waals surface area contributed by atoms with Gasteiger partial charge in [-0.15, -0.1) is 11.3 Å². The highest BCUT2D eigenvalue weighted by molar-refractivity contribution is 7.13. The molecule has 3 aromatic rings. The first kappa shape index (κ1) is 20.5. The molecule has 0 bridgehead atoms. The van der Waals surface area contributed by atoms with E-state index in [1.54, 1.807) is 17.4 Å². The Labute approximate surface area is 166 Å². The van der Waals surface area contributed by atoms with Crippen LogP contribution in [0.4, 0.5) is 23.2 Å². The van der Waals surface area contributed by atoms with Gasteiger partial charge in [-0.1, -0.05) is 6.07 Å². The second-order valence-corrected chi connectivity index (χ2v) is 6.74. The zero-order chi connectivity index (χ0) is 21.0. The zero-order valence-electron chi connectivity index (χ0n) is 14.6. The number of rotatable bonds is 5. The van der Waals surface area contributed by atoms with Crippen LogP contribution in [-0.2, 0) is 0 Å². The van der Waals surface area contributed by atoms with Crippen LogP contribution in [0.25, 0.3) is 10.6 Å². The van der Waals surface area contributed by atoms with E-state index in [0.717, 1.165) is 0 Å². The van der Waals surface area contributed by atoms with Gasteiger partial charge in [0.1, 0.15) is 23.1 Å². The maximum absolute atomic E-state index is 13.0. The Morgan fingerprint density at radius 1 is 1.03 bits per heavy atom. The van der Waals surface area contributed by atoms with E-state index in [-0.39, 0.29) is 22.8 Å². The van der Waals surface area contributed by atoms with Gasteiger partial charge in [0.25, 0.3) is 11.8 Å². The van der Waals surface area contributed by atoms with Crippen molar-refractivity contribution in [1.29, 1.82) is 0 Å². The van der Waals surface area contributed by atoms with E-state index in [1.807, 2.05) is 0 Å². The molecule has 0 radical (unpaired) electrons. The molecule has 0 saturated heterocycles. The smallest absolute Gasteiger partial charge is 0.343 e. The third-order valence-corrected chi connectivity index (χ3v) is 4.55. The Kier molecular flexibility index (Phi) is 5.92. The van der Waals surface area contributed by atoms with Gasteiger partial charge in [-0.2, -0.15) is 13.2 Å². The van der Waals surface area contributed by atoms with Gasteiger partial charge in [0, 0.05) is 22.2 Å². The van der Waals surface area contributed by atoms with E-state index in [1.165, 1.54) is 53.1 Å². The molecule has 2 amide bonds. The van der Waals surface area contributed by atoms with Crippen LogP contribution in [0.15, 0.2) is 53.9 Å². The summed E-state index contributed by atoms with van der Waals surface area (Å²) in [4.78, 5) is 28.4. The summed E-state index contributed by atoms with van der Waals surface area (Å²) in [6.07, 6.45) is -4.52. The van der Waals surface area contributed by atoms with Crippen molar-refractivity contribution in [3.63, 3.8) is 0 Å². The number of halogens is 4. The number of benzene rings is 2. The van der Waals surface area contributed by atoms with Crippen LogP contribution in [0, 0.1) is 5.82 Å². The minimum atomic E-state index is -4.52. The molecule has 0 spiro atoms. The summed E-state index contributed by atoms with van der Waals surface area (Å²) < 4.78 is 49.7. The summed E-state index contributed by atoms with van der Waals surface area (Å²) in [5.74, 6) is -1.85. The average molecular weight is 423 g/mol. The minimum absolute atomic E-state index is 0.0303. The van der Waals surface area contributed by atoms with Crippen molar-refractivity contribution in [1.82, 2.24) is 10.3 Å². The number of nitrogens with zero attached hydrogens (tertiary/aromatic N) is 1. The lowest BCUT2D eigenvalue weighted by atomic mass is 10.2. The number of anilines is 1. The molecule has 5 nitrogen and oxygen atoms in total. The number of amides is 2. The van der Waals surface area contributed by atoms with Crippen molar-refractivity contribution < 1.29 is 27.2 Å². The first-order chi connectivity index (χ1) is 13.7. The van der Waals surface area contributed by atoms with Crippen molar-refractivity contribution in [3.05, 3.63) is 71.0 Å². The summed E-state index contributed by atoms with van der Waals surface area (Å²) in [6.45, 7) is -1.45. The van der Waals surface area contributed by atoms with Gasteiger partial charge in [-0.3, -0.25) is 9.59 Å². The van der Waals surface area contributed by atoms with Gasteiger partial charge in [0.05, 0.1) is 0 Å². The van der Waals surface area contributed by atoms with E-state index < -0.39 is 24.5 Å². The largest absolute Gasteiger partial charge is 0.405 e. The molecular weight excluding hydrogens is 410 g/mol. The standard InChI is InChI=1S/C19H13F4N3O2S/c20-13-6-4-11(5-7-13)18-26-15(9-29-18)17(28)25-14-3-1-2-12(8-14)16(27)24-10-19(21,22)23/h1-9H,10H2,(H,24,27)(H,25,28). The molecule has 150 valence electrons. The fourth-order valence-electron chi connectivity index (χ4n) is 2.32. The summed E-state index contributed by atoms with van der Waals surface area (Å²) in [6, 6.07) is 11.2. The Bertz CT molecular complexity index is 1030. The first-order valence-corrected chi connectivity index (χ1v) is 9.07. The monoisotopic (exact) mass is 423 g/mol. The Morgan fingerprint density at radius 3 is 2.45 bits per heavy atom. The minimum Gasteiger partial charge on any atom is -0.343 e. The number of aromatic nitrogens is 1. The summed E-state index contributed by atoms with van der Waals surface area (Å²) in [5.41, 5.74) is 0.961. The SMILES string of the molecule is O=C(NCC(F)(F)F)c1cccc(NC(=O)c2csc(-c3ccc(F)cc3)n2)c1. The zero-order valence-corrected chi connectivity index (χ0v) is 15.4. The third-order valence-electron chi connectivity index (χ3n) is 3.66. The number of thiazole rings is 1. The molecule has 3 rings (SSSR count). The molecule has 2 N–H and O–H groups in total. The fraction of sp³-hybridized carbons (Fsp3) is 0.105. The quantitative estimate of drug-likeness (QED) is 0.594. The highest BCUT2D eigenvalue weighted by atomic mass is 32.1. The van der Waals surface area contributed by atoms with Gasteiger partial charge >= 0.3 is 6.18 Å². The average Bonchev–Trinajstić information content (AvgIpc) is 3.16. The van der Waals surface area contributed by atoms with Crippen LogP contribution in [0.5, 0.6) is 0 Å². The van der Waals surface area contributed by atoms with Crippen LogP contribution < -0.4 is 10.6 Å². The molecule has 29 heavy (non-hydrogen) atoms. The van der Waals surface area contributed by atoms with Crippen LogP contribution in [0.1, 0.15) is 20.8 Å². The second-order valence-electron chi connectivity index (χ2n) is 5.88. The summed E-state index contributed by atoms with van der Waals surface area (Å²) >= 11 is 1.20. The molecule has 0 saturated carbocycles. The highest BCUT2D eigenvalue weighted by Gasteiger charge is 2.28. The molecular formula is C19H13F4N3O2S. The number of hydrogen-bond donors (Lipinski definition) is 2. The van der Waals surface area contributed by atoms with Gasteiger partial charge in [0.2, 0.25) is 0 Å². The lowest BCUT2D eigenvalue weighted by Gasteiger charge is -2.09. The molecule has 0 aliphatic heterocycles. The molecule has 1 aromatic heterocycles. The van der Waals surface area contributed by atoms with E-state index >= 15 is 0 Å². The Hall–Kier alpha value is -3.27. The van der Waals surface area contributed by atoms with Gasteiger partial charge in [-0.05, 0) is 42.5 Å². The second kappa shape index (κ2) is 8.39. The van der Waals surface area contributed by atoms with E-state index in [4.69, 9.17) is 0 Å². The molecule has 0 fully saturated rings. The Balaban J connectivity index is 1.68. The van der Waals surface area contributed by atoms with Gasteiger partial charge in [0.15, 0.2) is 0 Å². The number of alkyl halides is 3. The summed E-state index contributed by atoms with van der Waals surface area (Å²) in [7, 11) is 0. The van der Waals surface area contributed by atoms with Crippen molar-refractivity contribution in [2.45, 2.75) is 6.18 Å². The van der Waals surface area contributed by atoms with Gasteiger partial charge < -0.3 is 10.6 Å². The molecule has 0 aliphatic carbocycles. The predicted molar refractivity (Wildman–Crippen MR) is 100 cm³/mol. The molecule has 1 heterocycles. The normalized spacial score (nSPS) is 11.2. The Morgan fingerprint density at radius 2 is 1.76 bits per heavy atom. The van der Waals surface area contributed by atoms with E-state index in [0.29, 0.717) is 10.6 Å². The lowest BCUT2D eigenvalue weighted by Crippen LogP contribution is -2.33. The van der Waals surface area contributed by atoms with E-state index in [2.05, 4.69) is 10.3 Å². The lowest BCUT2D eigenvalue weighted by molar-refractivity contribution is -0.123. The topological polar surface area (TPSA) is 71.1 Å². The number of nitrogens with one attached hydrogen (secondary N) is 2. The van der Waals surface area contributed by atoms with E-state index in [9.17, 15) is 27.2 Å². The number of hydrogen-bond acceptors (Lipinski definition) is 4. The van der Waals surface area contributed by atoms with Crippen LogP contribution in [0.2, 0.25) is 0 Å². The van der Waals surface area contributed by atoms with Crippen molar-refractivity contribution >= 4 is 28.8 Å². The molecule has 0 aliphatic rings. The molecule has 2 aromatic carbocycles.